The highest BCUT2D eigenvalue weighted by molar-refractivity contribution is 5.94. The van der Waals surface area contributed by atoms with Gasteiger partial charge in [0.15, 0.2) is 11.5 Å². The number of hydrogen-bond acceptors (Lipinski definition) is 4. The van der Waals surface area contributed by atoms with Crippen molar-refractivity contribution in [3.05, 3.63) is 53.6 Å². The molecule has 2 heterocycles. The Hall–Kier alpha value is -2.67. The van der Waals surface area contributed by atoms with E-state index in [1.807, 2.05) is 17.0 Å². The average molecular weight is 414 g/mol. The lowest BCUT2D eigenvalue weighted by atomic mass is 10.00. The van der Waals surface area contributed by atoms with E-state index in [0.717, 1.165) is 31.5 Å². The molecule has 2 aromatic rings. The zero-order valence-corrected chi connectivity index (χ0v) is 16.6. The fourth-order valence-electron chi connectivity index (χ4n) is 4.33. The van der Waals surface area contributed by atoms with Crippen molar-refractivity contribution in [2.75, 3.05) is 11.9 Å². The first kappa shape index (κ1) is 19.3. The summed E-state index contributed by atoms with van der Waals surface area (Å²) >= 11 is 0. The molecule has 0 spiro atoms. The topological polar surface area (TPSA) is 50.8 Å². The van der Waals surface area contributed by atoms with E-state index in [0.29, 0.717) is 18.0 Å². The lowest BCUT2D eigenvalue weighted by molar-refractivity contribution is -0.287. The number of anilines is 1. The Morgan fingerprint density at radius 1 is 1.07 bits per heavy atom. The van der Waals surface area contributed by atoms with Crippen LogP contribution in [0, 0.1) is 0 Å². The molecule has 30 heavy (non-hydrogen) atoms. The van der Waals surface area contributed by atoms with Crippen molar-refractivity contribution >= 4 is 11.6 Å². The predicted octanol–water partition coefficient (Wildman–Crippen LogP) is 4.88. The number of rotatable bonds is 5. The second kappa shape index (κ2) is 7.54. The number of fused-ring (bicyclic) bond motifs is 1. The van der Waals surface area contributed by atoms with Crippen LogP contribution >= 0.6 is 0 Å². The predicted molar refractivity (Wildman–Crippen MR) is 108 cm³/mol. The minimum absolute atomic E-state index is 0.0336. The molecule has 0 radical (unpaired) electrons. The second-order valence-corrected chi connectivity index (χ2v) is 8.28. The van der Waals surface area contributed by atoms with Crippen molar-refractivity contribution < 1.29 is 23.0 Å². The van der Waals surface area contributed by atoms with Gasteiger partial charge in [-0.2, -0.15) is 0 Å². The molecule has 1 saturated heterocycles. The van der Waals surface area contributed by atoms with E-state index in [4.69, 9.17) is 4.74 Å². The molecule has 3 aliphatic rings. The van der Waals surface area contributed by atoms with E-state index in [2.05, 4.69) is 22.2 Å². The molecule has 0 unspecified atom stereocenters. The van der Waals surface area contributed by atoms with Crippen LogP contribution in [0.5, 0.6) is 11.5 Å². The van der Waals surface area contributed by atoms with Crippen LogP contribution in [0.2, 0.25) is 0 Å². The summed E-state index contributed by atoms with van der Waals surface area (Å²) in [5.74, 6) is 0.702. The van der Waals surface area contributed by atoms with Gasteiger partial charge >= 0.3 is 6.29 Å². The minimum Gasteiger partial charge on any atom is -0.395 e. The molecule has 2 aliphatic heterocycles. The lowest BCUT2D eigenvalue weighted by Gasteiger charge is -2.34. The lowest BCUT2D eigenvalue weighted by Crippen LogP contribution is -2.46. The van der Waals surface area contributed by atoms with Gasteiger partial charge in [0.1, 0.15) is 0 Å². The summed E-state index contributed by atoms with van der Waals surface area (Å²) in [6.45, 7) is 1.07. The number of hydrogen-bond donors (Lipinski definition) is 1. The summed E-state index contributed by atoms with van der Waals surface area (Å²) in [7, 11) is 0. The number of para-hydroxylation sites is 1. The van der Waals surface area contributed by atoms with Gasteiger partial charge in [0, 0.05) is 17.8 Å². The van der Waals surface area contributed by atoms with E-state index in [1.165, 1.54) is 24.5 Å². The van der Waals surface area contributed by atoms with E-state index in [-0.39, 0.29) is 23.4 Å². The third-order valence-electron chi connectivity index (χ3n) is 6.03. The molecule has 7 heteroatoms. The van der Waals surface area contributed by atoms with Gasteiger partial charge in [-0.25, -0.2) is 0 Å². The highest BCUT2D eigenvalue weighted by atomic mass is 19.3. The number of nitrogens with zero attached hydrogens (tertiary/aromatic N) is 1. The Balaban J connectivity index is 1.29. The molecule has 1 aliphatic carbocycles. The van der Waals surface area contributed by atoms with E-state index >= 15 is 0 Å². The molecule has 1 saturated carbocycles. The number of alkyl halides is 2. The maximum atomic E-state index is 13.5. The highest BCUT2D eigenvalue weighted by Gasteiger charge is 2.44. The molecule has 2 fully saturated rings. The number of nitrogens with one attached hydrogen (secondary N) is 1. The van der Waals surface area contributed by atoms with E-state index in [9.17, 15) is 13.6 Å². The monoisotopic (exact) mass is 414 g/mol. The minimum atomic E-state index is -3.65. The molecule has 5 nitrogen and oxygen atoms in total. The summed E-state index contributed by atoms with van der Waals surface area (Å²) in [5, 5.41) is 3.02. The second-order valence-electron chi connectivity index (χ2n) is 8.28. The zero-order chi connectivity index (χ0) is 20.7. The molecule has 0 aromatic heterocycles. The van der Waals surface area contributed by atoms with E-state index < -0.39 is 6.29 Å². The summed E-state index contributed by atoms with van der Waals surface area (Å²) in [5.41, 5.74) is 2.70. The quantitative estimate of drug-likeness (QED) is 0.758. The molecule has 1 amide bonds. The van der Waals surface area contributed by atoms with Crippen molar-refractivity contribution in [3.63, 3.8) is 0 Å². The van der Waals surface area contributed by atoms with Crippen molar-refractivity contribution in [1.82, 2.24) is 4.90 Å². The van der Waals surface area contributed by atoms with Crippen molar-refractivity contribution in [3.8, 4) is 11.5 Å². The Morgan fingerprint density at radius 3 is 2.63 bits per heavy atom. The maximum absolute atomic E-state index is 13.5. The van der Waals surface area contributed by atoms with Crippen LogP contribution in [-0.2, 0) is 11.3 Å². The van der Waals surface area contributed by atoms with Gasteiger partial charge in [-0.05, 0) is 61.9 Å². The first-order valence-corrected chi connectivity index (χ1v) is 10.5. The Kier molecular flexibility index (Phi) is 4.85. The summed E-state index contributed by atoms with van der Waals surface area (Å²) in [4.78, 5) is 15.0. The smallest absolute Gasteiger partial charge is 0.395 e. The molecule has 0 bridgehead atoms. The van der Waals surface area contributed by atoms with Crippen LogP contribution in [0.1, 0.15) is 49.1 Å². The molecule has 5 rings (SSSR count). The number of piperidine rings is 1. The van der Waals surface area contributed by atoms with Gasteiger partial charge in [0.25, 0.3) is 0 Å². The third-order valence-corrected chi connectivity index (χ3v) is 6.03. The average Bonchev–Trinajstić information content (AvgIpc) is 3.51. The molecule has 158 valence electrons. The number of amides is 1. The standard InChI is InChI=1S/C23H24F2N2O3/c24-23(25)29-20-6-3-4-17(21(20)30-23)14-27-13-2-1-5-19(27)22(28)26-18-11-9-16(10-12-18)15-7-8-15/h3-4,6,9-12,15,19H,1-2,5,7-8,13-14H2,(H,26,28)/t19-/m1/s1. The van der Waals surface area contributed by atoms with Crippen LogP contribution in [-0.4, -0.2) is 29.7 Å². The number of ether oxygens (including phenoxy) is 2. The zero-order valence-electron chi connectivity index (χ0n) is 16.6. The van der Waals surface area contributed by atoms with Crippen LogP contribution in [0.25, 0.3) is 0 Å². The van der Waals surface area contributed by atoms with Crippen LogP contribution in [0.4, 0.5) is 14.5 Å². The van der Waals surface area contributed by atoms with Gasteiger partial charge in [-0.1, -0.05) is 30.7 Å². The number of carbonyl (C=O) groups excluding carboxylic acids is 1. The SMILES string of the molecule is O=C(Nc1ccc(C2CC2)cc1)[C@H]1CCCCN1Cc1cccc2c1OC(F)(F)O2. The van der Waals surface area contributed by atoms with Gasteiger partial charge < -0.3 is 14.8 Å². The highest BCUT2D eigenvalue weighted by Crippen LogP contribution is 2.44. The van der Waals surface area contributed by atoms with Crippen LogP contribution < -0.4 is 14.8 Å². The fourth-order valence-corrected chi connectivity index (χ4v) is 4.33. The van der Waals surface area contributed by atoms with E-state index in [1.54, 1.807) is 12.1 Å². The summed E-state index contributed by atoms with van der Waals surface area (Å²) < 4.78 is 36.3. The maximum Gasteiger partial charge on any atom is 0.586 e. The number of benzene rings is 2. The van der Waals surface area contributed by atoms with Gasteiger partial charge in [-0.15, -0.1) is 8.78 Å². The molecular weight excluding hydrogens is 390 g/mol. The largest absolute Gasteiger partial charge is 0.586 e. The third kappa shape index (κ3) is 3.99. The normalized spacial score (nSPS) is 22.7. The Labute approximate surface area is 174 Å². The summed E-state index contributed by atoms with van der Waals surface area (Å²) in [6, 6.07) is 12.6. The Morgan fingerprint density at radius 2 is 1.87 bits per heavy atom. The Bertz CT molecular complexity index is 944. The fraction of sp³-hybridized carbons (Fsp3) is 0.435. The van der Waals surface area contributed by atoms with Gasteiger partial charge in [-0.3, -0.25) is 9.69 Å². The first-order valence-electron chi connectivity index (χ1n) is 10.5. The summed E-state index contributed by atoms with van der Waals surface area (Å²) in [6.07, 6.45) is 1.49. The molecule has 1 N–H and O–H groups in total. The van der Waals surface area contributed by atoms with Gasteiger partial charge in [0.2, 0.25) is 5.91 Å². The number of halogens is 2. The van der Waals surface area contributed by atoms with Crippen LogP contribution in [0.15, 0.2) is 42.5 Å². The molecule has 1 atom stereocenters. The van der Waals surface area contributed by atoms with Crippen molar-refractivity contribution in [2.24, 2.45) is 0 Å². The number of likely N-dealkylation sites (tertiary alicyclic amines) is 1. The van der Waals surface area contributed by atoms with Crippen molar-refractivity contribution in [1.29, 1.82) is 0 Å². The van der Waals surface area contributed by atoms with Crippen molar-refractivity contribution in [2.45, 2.75) is 56.9 Å². The van der Waals surface area contributed by atoms with Gasteiger partial charge in [0.05, 0.1) is 6.04 Å². The molecular formula is C23H24F2N2O3. The first-order chi connectivity index (χ1) is 14.5. The molecule has 2 aromatic carbocycles. The van der Waals surface area contributed by atoms with Crippen LogP contribution in [0.3, 0.4) is 0 Å². The number of carbonyl (C=O) groups is 1.